The molecule has 1 nitrogen and oxygen atoms in total. The molecule has 1 atom stereocenters. The van der Waals surface area contributed by atoms with Crippen molar-refractivity contribution in [2.75, 3.05) is 0 Å². The number of hydrogen-bond donors (Lipinski definition) is 0. The molecule has 0 saturated carbocycles. The van der Waals surface area contributed by atoms with Gasteiger partial charge in [-0.15, -0.1) is 0 Å². The zero-order chi connectivity index (χ0) is 39.1. The molecule has 0 bridgehead atoms. The SMILES string of the molecule is Clc1ccc2c(c1)C1(c3ccccc3-c3ccccc31)c1ccc(C(Cc3ccc(-c4cccc5c4oc4ccccc45)cc3)c3ccc(-c4ccccc4)cc3)cc1-2. The van der Waals surface area contributed by atoms with E-state index in [0.717, 1.165) is 44.5 Å². The van der Waals surface area contributed by atoms with E-state index >= 15 is 0 Å². The van der Waals surface area contributed by atoms with Crippen molar-refractivity contribution in [3.8, 4) is 44.5 Å². The van der Waals surface area contributed by atoms with Gasteiger partial charge in [0.25, 0.3) is 0 Å². The van der Waals surface area contributed by atoms with Crippen molar-refractivity contribution in [3.63, 3.8) is 0 Å². The van der Waals surface area contributed by atoms with Crippen LogP contribution in [0, 0.1) is 0 Å². The summed E-state index contributed by atoms with van der Waals surface area (Å²) in [7, 11) is 0. The molecule has 1 unspecified atom stereocenters. The summed E-state index contributed by atoms with van der Waals surface area (Å²) < 4.78 is 6.42. The predicted molar refractivity (Wildman–Crippen MR) is 244 cm³/mol. The Hall–Kier alpha value is -6.93. The van der Waals surface area contributed by atoms with Gasteiger partial charge in [-0.25, -0.2) is 0 Å². The summed E-state index contributed by atoms with van der Waals surface area (Å²) in [5, 5.41) is 3.05. The van der Waals surface area contributed by atoms with E-state index in [1.54, 1.807) is 0 Å². The lowest BCUT2D eigenvalue weighted by atomic mass is 9.70. The van der Waals surface area contributed by atoms with Gasteiger partial charge in [0, 0.05) is 27.3 Å². The van der Waals surface area contributed by atoms with Crippen LogP contribution in [0.25, 0.3) is 66.4 Å². The van der Waals surface area contributed by atoms with E-state index in [1.807, 2.05) is 12.1 Å². The Balaban J connectivity index is 0.988. The maximum atomic E-state index is 6.88. The summed E-state index contributed by atoms with van der Waals surface area (Å²) >= 11 is 6.88. The van der Waals surface area contributed by atoms with Crippen LogP contribution in [0.4, 0.5) is 0 Å². The maximum Gasteiger partial charge on any atom is 0.143 e. The van der Waals surface area contributed by atoms with Crippen molar-refractivity contribution >= 4 is 33.5 Å². The van der Waals surface area contributed by atoms with Gasteiger partial charge in [-0.3, -0.25) is 0 Å². The van der Waals surface area contributed by atoms with Gasteiger partial charge in [-0.2, -0.15) is 0 Å². The van der Waals surface area contributed by atoms with Gasteiger partial charge in [0.05, 0.1) is 5.41 Å². The Morgan fingerprint density at radius 2 is 1.00 bits per heavy atom. The second-order valence-corrected chi connectivity index (χ2v) is 16.5. The third kappa shape index (κ3) is 5.18. The number of fused-ring (bicyclic) bond motifs is 13. The van der Waals surface area contributed by atoms with E-state index in [1.165, 1.54) is 72.3 Å². The standard InChI is InChI=1S/C57H37ClO/c58-42-30-31-46-50-34-41(29-32-53(50)57(54(46)35-42)51-18-7-4-13-44(51)45-14-5-8-19-52(45)57)49(40-27-25-38(26-28-40)37-11-2-1-3-12-37)33-36-21-23-39(24-22-36)43-16-10-17-48-47-15-6-9-20-55(47)59-56(43)48/h1-32,34-35,49H,33H2. The summed E-state index contributed by atoms with van der Waals surface area (Å²) in [5.41, 5.74) is 20.3. The summed E-state index contributed by atoms with van der Waals surface area (Å²) in [6.45, 7) is 0. The minimum atomic E-state index is -0.438. The summed E-state index contributed by atoms with van der Waals surface area (Å²) in [6.07, 6.45) is 0.850. The normalized spacial score (nSPS) is 13.6. The quantitative estimate of drug-likeness (QED) is 0.164. The van der Waals surface area contributed by atoms with E-state index in [2.05, 4.69) is 194 Å². The molecule has 0 fully saturated rings. The second kappa shape index (κ2) is 13.3. The maximum absolute atomic E-state index is 6.88. The Labute approximate surface area is 348 Å². The molecule has 0 saturated heterocycles. The molecule has 2 aliphatic rings. The van der Waals surface area contributed by atoms with Gasteiger partial charge in [-0.05, 0) is 103 Å². The van der Waals surface area contributed by atoms with Gasteiger partial charge in [0.15, 0.2) is 0 Å². The molecule has 1 heterocycles. The molecule has 278 valence electrons. The van der Waals surface area contributed by atoms with Crippen molar-refractivity contribution in [3.05, 3.63) is 250 Å². The van der Waals surface area contributed by atoms with Crippen LogP contribution in [0.3, 0.4) is 0 Å². The zero-order valence-electron chi connectivity index (χ0n) is 32.2. The van der Waals surface area contributed by atoms with E-state index in [-0.39, 0.29) is 5.92 Å². The first-order chi connectivity index (χ1) is 29.1. The van der Waals surface area contributed by atoms with Crippen molar-refractivity contribution in [1.29, 1.82) is 0 Å². The fraction of sp³-hybridized carbons (Fsp3) is 0.0526. The second-order valence-electron chi connectivity index (χ2n) is 16.1. The molecule has 1 aromatic heterocycles. The minimum absolute atomic E-state index is 0.116. The van der Waals surface area contributed by atoms with E-state index in [0.29, 0.717) is 0 Å². The summed E-state index contributed by atoms with van der Waals surface area (Å²) in [5.74, 6) is 0.116. The molecule has 12 rings (SSSR count). The molecule has 0 aliphatic heterocycles. The molecule has 0 amide bonds. The van der Waals surface area contributed by atoms with Crippen molar-refractivity contribution < 1.29 is 4.42 Å². The third-order valence-corrected chi connectivity index (χ3v) is 13.2. The molecular formula is C57H37ClO. The number of para-hydroxylation sites is 2. The molecule has 9 aromatic carbocycles. The monoisotopic (exact) mass is 772 g/mol. The number of halogens is 1. The molecule has 2 heteroatoms. The lowest BCUT2D eigenvalue weighted by Gasteiger charge is -2.30. The molecular weight excluding hydrogens is 736 g/mol. The molecule has 2 aliphatic carbocycles. The van der Waals surface area contributed by atoms with Crippen LogP contribution in [0.1, 0.15) is 44.9 Å². The number of rotatable bonds is 6. The molecule has 0 radical (unpaired) electrons. The Kier molecular flexibility index (Phi) is 7.70. The molecule has 10 aromatic rings. The van der Waals surface area contributed by atoms with E-state index in [4.69, 9.17) is 16.0 Å². The third-order valence-electron chi connectivity index (χ3n) is 13.0. The lowest BCUT2D eigenvalue weighted by Crippen LogP contribution is -2.25. The highest BCUT2D eigenvalue weighted by Gasteiger charge is 2.51. The average Bonchev–Trinajstić information content (AvgIpc) is 3.92. The van der Waals surface area contributed by atoms with Crippen molar-refractivity contribution in [1.82, 2.24) is 0 Å². The Morgan fingerprint density at radius 1 is 0.407 bits per heavy atom. The van der Waals surface area contributed by atoms with Crippen LogP contribution in [-0.2, 0) is 11.8 Å². The molecule has 1 spiro atoms. The Morgan fingerprint density at radius 3 is 1.78 bits per heavy atom. The molecule has 59 heavy (non-hydrogen) atoms. The minimum Gasteiger partial charge on any atom is -0.455 e. The van der Waals surface area contributed by atoms with Gasteiger partial charge < -0.3 is 4.42 Å². The summed E-state index contributed by atoms with van der Waals surface area (Å²) in [6, 6.07) is 75.4. The topological polar surface area (TPSA) is 13.1 Å². The largest absolute Gasteiger partial charge is 0.455 e. The lowest BCUT2D eigenvalue weighted by molar-refractivity contribution is 0.670. The first kappa shape index (κ1) is 34.1. The Bertz CT molecular complexity index is 3200. The van der Waals surface area contributed by atoms with Crippen LogP contribution >= 0.6 is 11.6 Å². The average molecular weight is 773 g/mol. The van der Waals surface area contributed by atoms with Gasteiger partial charge >= 0.3 is 0 Å². The highest BCUT2D eigenvalue weighted by molar-refractivity contribution is 6.30. The number of benzene rings is 9. The van der Waals surface area contributed by atoms with Gasteiger partial charge in [-0.1, -0.05) is 200 Å². The summed E-state index contributed by atoms with van der Waals surface area (Å²) in [4.78, 5) is 0. The van der Waals surface area contributed by atoms with Crippen molar-refractivity contribution in [2.45, 2.75) is 17.8 Å². The number of hydrogen-bond acceptors (Lipinski definition) is 1. The fourth-order valence-corrected chi connectivity index (χ4v) is 10.5. The van der Waals surface area contributed by atoms with Crippen LogP contribution in [-0.4, -0.2) is 0 Å². The van der Waals surface area contributed by atoms with E-state index in [9.17, 15) is 0 Å². The van der Waals surface area contributed by atoms with Gasteiger partial charge in [0.2, 0.25) is 0 Å². The highest BCUT2D eigenvalue weighted by Crippen LogP contribution is 2.63. The van der Waals surface area contributed by atoms with Gasteiger partial charge in [0.1, 0.15) is 11.2 Å². The first-order valence-corrected chi connectivity index (χ1v) is 20.8. The van der Waals surface area contributed by atoms with Crippen molar-refractivity contribution in [2.24, 2.45) is 0 Å². The van der Waals surface area contributed by atoms with Crippen LogP contribution in [0.5, 0.6) is 0 Å². The van der Waals surface area contributed by atoms with Crippen LogP contribution in [0.2, 0.25) is 5.02 Å². The fourth-order valence-electron chi connectivity index (χ4n) is 10.3. The van der Waals surface area contributed by atoms with Crippen LogP contribution < -0.4 is 0 Å². The number of furan rings is 1. The van der Waals surface area contributed by atoms with E-state index < -0.39 is 5.41 Å². The zero-order valence-corrected chi connectivity index (χ0v) is 33.0. The van der Waals surface area contributed by atoms with Crippen LogP contribution in [0.15, 0.2) is 211 Å². The highest BCUT2D eigenvalue weighted by atomic mass is 35.5. The molecule has 0 N–H and O–H groups in total. The first-order valence-electron chi connectivity index (χ1n) is 20.4. The smallest absolute Gasteiger partial charge is 0.143 e. The predicted octanol–water partition coefficient (Wildman–Crippen LogP) is 15.3.